The number of nitrogens with one attached hydrogen (secondary N) is 2. The summed E-state index contributed by atoms with van der Waals surface area (Å²) in [5.41, 5.74) is 0.902. The van der Waals surface area contributed by atoms with Gasteiger partial charge in [0.2, 0.25) is 10.0 Å². The molecule has 0 amide bonds. The van der Waals surface area contributed by atoms with Crippen LogP contribution in [0.2, 0.25) is 0 Å². The minimum atomic E-state index is -3.12. The van der Waals surface area contributed by atoms with Crippen LogP contribution in [-0.2, 0) is 16.6 Å². The van der Waals surface area contributed by atoms with Crippen LogP contribution in [0.4, 0.5) is 0 Å². The van der Waals surface area contributed by atoms with Gasteiger partial charge in [-0.15, -0.1) is 24.0 Å². The van der Waals surface area contributed by atoms with Gasteiger partial charge >= 0.3 is 0 Å². The van der Waals surface area contributed by atoms with Crippen LogP contribution >= 0.6 is 24.0 Å². The van der Waals surface area contributed by atoms with Gasteiger partial charge in [-0.25, -0.2) is 17.7 Å². The molecule has 0 fully saturated rings. The molecule has 0 aliphatic carbocycles. The van der Waals surface area contributed by atoms with E-state index in [2.05, 4.69) is 20.6 Å². The molecule has 0 saturated carbocycles. The van der Waals surface area contributed by atoms with E-state index >= 15 is 0 Å². The second kappa shape index (κ2) is 12.4. The molecule has 0 aliphatic heterocycles. The smallest absolute Gasteiger partial charge is 0.211 e. The Morgan fingerprint density at radius 2 is 2.04 bits per heavy atom. The molecule has 0 aliphatic rings. The number of hydrogen-bond acceptors (Lipinski definition) is 4. The average molecular weight is 469 g/mol. The lowest BCUT2D eigenvalue weighted by molar-refractivity contribution is 0.424. The lowest BCUT2D eigenvalue weighted by Crippen LogP contribution is -2.39. The molecule has 1 rings (SSSR count). The van der Waals surface area contributed by atoms with Crippen molar-refractivity contribution in [3.8, 4) is 0 Å². The number of aromatic nitrogens is 1. The van der Waals surface area contributed by atoms with E-state index in [9.17, 15) is 8.42 Å². The van der Waals surface area contributed by atoms with E-state index in [-0.39, 0.29) is 24.0 Å². The van der Waals surface area contributed by atoms with Crippen molar-refractivity contribution in [3.05, 3.63) is 30.1 Å². The van der Waals surface area contributed by atoms with Gasteiger partial charge in [0, 0.05) is 32.4 Å². The molecule has 0 unspecified atom stereocenters. The Morgan fingerprint density at radius 3 is 2.58 bits per heavy atom. The summed E-state index contributed by atoms with van der Waals surface area (Å²) in [5.74, 6) is 0.709. The van der Waals surface area contributed by atoms with Gasteiger partial charge < -0.3 is 10.6 Å². The number of pyridine rings is 1. The van der Waals surface area contributed by atoms with Crippen LogP contribution in [0.25, 0.3) is 0 Å². The molecule has 7 nitrogen and oxygen atoms in total. The van der Waals surface area contributed by atoms with E-state index < -0.39 is 10.0 Å². The van der Waals surface area contributed by atoms with Crippen LogP contribution in [0.5, 0.6) is 0 Å². The molecule has 24 heavy (non-hydrogen) atoms. The first-order chi connectivity index (χ1) is 11.0. The molecule has 0 atom stereocenters. The van der Waals surface area contributed by atoms with E-state index in [0.29, 0.717) is 32.1 Å². The molecule has 1 aromatic rings. The van der Waals surface area contributed by atoms with Crippen molar-refractivity contribution in [3.63, 3.8) is 0 Å². The highest BCUT2D eigenvalue weighted by Crippen LogP contribution is 1.98. The molecule has 0 aromatic carbocycles. The number of aliphatic imine (C=N–C) groups is 1. The molecular weight excluding hydrogens is 441 g/mol. The largest absolute Gasteiger partial charge is 0.357 e. The minimum absolute atomic E-state index is 0. The quantitative estimate of drug-likeness (QED) is 0.247. The summed E-state index contributed by atoms with van der Waals surface area (Å²) in [4.78, 5) is 8.70. The lowest BCUT2D eigenvalue weighted by Gasteiger charge is -2.18. The topological polar surface area (TPSA) is 86.7 Å². The van der Waals surface area contributed by atoms with Gasteiger partial charge in [-0.1, -0.05) is 13.0 Å². The summed E-state index contributed by atoms with van der Waals surface area (Å²) in [6.45, 7) is 6.75. The fourth-order valence-electron chi connectivity index (χ4n) is 2.01. The second-order valence-electron chi connectivity index (χ2n) is 5.05. The standard InChI is InChI=1S/C15H27N5O2S.HI/c1-4-16-15(19-13-14-9-6-7-10-17-14)18-11-8-12-20(5-2)23(3,21)22;/h6-7,9-10H,4-5,8,11-13H2,1-3H3,(H2,16,18,19);1H. The molecule has 0 bridgehead atoms. The Bertz CT molecular complexity index is 581. The first-order valence-electron chi connectivity index (χ1n) is 7.84. The van der Waals surface area contributed by atoms with Crippen LogP contribution in [0.3, 0.4) is 0 Å². The SMILES string of the molecule is CCNC(=NCc1ccccn1)NCCCN(CC)S(C)(=O)=O.I. The third-order valence-electron chi connectivity index (χ3n) is 3.17. The molecule has 2 N–H and O–H groups in total. The summed E-state index contributed by atoms with van der Waals surface area (Å²) >= 11 is 0. The van der Waals surface area contributed by atoms with E-state index in [1.165, 1.54) is 10.6 Å². The number of rotatable bonds is 9. The Morgan fingerprint density at radius 1 is 1.29 bits per heavy atom. The zero-order chi connectivity index (χ0) is 17.1. The van der Waals surface area contributed by atoms with E-state index in [0.717, 1.165) is 18.7 Å². The zero-order valence-corrected chi connectivity index (χ0v) is 17.7. The molecule has 1 aromatic heterocycles. The second-order valence-corrected chi connectivity index (χ2v) is 7.03. The van der Waals surface area contributed by atoms with Gasteiger partial charge in [0.05, 0.1) is 18.5 Å². The molecule has 0 saturated heterocycles. The molecule has 138 valence electrons. The van der Waals surface area contributed by atoms with E-state index in [1.807, 2.05) is 32.0 Å². The third kappa shape index (κ3) is 9.38. The lowest BCUT2D eigenvalue weighted by atomic mass is 10.3. The number of guanidine groups is 1. The summed E-state index contributed by atoms with van der Waals surface area (Å²) in [6, 6.07) is 5.74. The molecule has 9 heteroatoms. The first-order valence-corrected chi connectivity index (χ1v) is 9.69. The predicted molar refractivity (Wildman–Crippen MR) is 109 cm³/mol. The van der Waals surface area contributed by atoms with Crippen molar-refractivity contribution >= 4 is 40.0 Å². The van der Waals surface area contributed by atoms with E-state index in [4.69, 9.17) is 0 Å². The Balaban J connectivity index is 0.00000529. The van der Waals surface area contributed by atoms with Crippen molar-refractivity contribution in [2.45, 2.75) is 26.8 Å². The van der Waals surface area contributed by atoms with Crippen molar-refractivity contribution in [2.24, 2.45) is 4.99 Å². The minimum Gasteiger partial charge on any atom is -0.357 e. The van der Waals surface area contributed by atoms with Gasteiger partial charge in [-0.05, 0) is 25.5 Å². The van der Waals surface area contributed by atoms with Crippen LogP contribution in [0.15, 0.2) is 29.4 Å². The molecule has 0 radical (unpaired) electrons. The average Bonchev–Trinajstić information content (AvgIpc) is 2.52. The van der Waals surface area contributed by atoms with Crippen LogP contribution < -0.4 is 10.6 Å². The maximum Gasteiger partial charge on any atom is 0.211 e. The number of nitrogens with zero attached hydrogens (tertiary/aromatic N) is 3. The molecular formula is C15H28IN5O2S. The fourth-order valence-corrected chi connectivity index (χ4v) is 2.94. The normalized spacial score (nSPS) is 11.9. The number of sulfonamides is 1. The summed E-state index contributed by atoms with van der Waals surface area (Å²) in [5, 5.41) is 6.38. The van der Waals surface area contributed by atoms with Gasteiger partial charge in [0.15, 0.2) is 5.96 Å². The van der Waals surface area contributed by atoms with Gasteiger partial charge in [-0.3, -0.25) is 4.98 Å². The Labute approximate surface area is 162 Å². The molecule has 0 spiro atoms. The summed E-state index contributed by atoms with van der Waals surface area (Å²) in [7, 11) is -3.12. The summed E-state index contributed by atoms with van der Waals surface area (Å²) in [6.07, 6.45) is 3.70. The molecule has 1 heterocycles. The van der Waals surface area contributed by atoms with Crippen molar-refractivity contribution in [1.82, 2.24) is 19.9 Å². The number of hydrogen-bond donors (Lipinski definition) is 2. The number of halogens is 1. The van der Waals surface area contributed by atoms with Crippen molar-refractivity contribution in [2.75, 3.05) is 32.4 Å². The fraction of sp³-hybridized carbons (Fsp3) is 0.600. The highest BCUT2D eigenvalue weighted by Gasteiger charge is 2.13. The Kier molecular flexibility index (Phi) is 11.9. The highest BCUT2D eigenvalue weighted by molar-refractivity contribution is 14.0. The predicted octanol–water partition coefficient (Wildman–Crippen LogP) is 1.43. The van der Waals surface area contributed by atoms with Gasteiger partial charge in [0.1, 0.15) is 0 Å². The summed E-state index contributed by atoms with van der Waals surface area (Å²) < 4.78 is 24.5. The van der Waals surface area contributed by atoms with Crippen LogP contribution in [-0.4, -0.2) is 56.1 Å². The van der Waals surface area contributed by atoms with Crippen LogP contribution in [0.1, 0.15) is 26.0 Å². The monoisotopic (exact) mass is 469 g/mol. The maximum absolute atomic E-state index is 11.5. The third-order valence-corrected chi connectivity index (χ3v) is 4.55. The van der Waals surface area contributed by atoms with E-state index in [1.54, 1.807) is 6.20 Å². The van der Waals surface area contributed by atoms with Crippen molar-refractivity contribution in [1.29, 1.82) is 0 Å². The van der Waals surface area contributed by atoms with Crippen LogP contribution in [0, 0.1) is 0 Å². The van der Waals surface area contributed by atoms with Crippen molar-refractivity contribution < 1.29 is 8.42 Å². The zero-order valence-electron chi connectivity index (χ0n) is 14.5. The highest BCUT2D eigenvalue weighted by atomic mass is 127. The van der Waals surface area contributed by atoms with Gasteiger partial charge in [-0.2, -0.15) is 0 Å². The Hall–Kier alpha value is -0.940. The maximum atomic E-state index is 11.5. The van der Waals surface area contributed by atoms with Gasteiger partial charge in [0.25, 0.3) is 0 Å². The first kappa shape index (κ1) is 23.1.